The molecule has 0 bridgehead atoms. The van der Waals surface area contributed by atoms with Crippen molar-refractivity contribution < 1.29 is 22.0 Å². The van der Waals surface area contributed by atoms with Crippen LogP contribution in [0.3, 0.4) is 0 Å². The van der Waals surface area contributed by atoms with E-state index in [2.05, 4.69) is 5.32 Å². The molecule has 1 atom stereocenters. The molecule has 0 heterocycles. The molecule has 0 spiro atoms. The number of benzene rings is 1. The number of nitrogens with one attached hydrogen (secondary N) is 1. The van der Waals surface area contributed by atoms with Crippen LogP contribution < -0.4 is 5.32 Å². The fourth-order valence-corrected chi connectivity index (χ4v) is 2.89. The Labute approximate surface area is 126 Å². The first-order valence-electron chi connectivity index (χ1n) is 6.27. The standard InChI is InChI=1S/C13H16ClF2NO3S/c1-7(2)4-8(3)17-13(18)10-5-9(15)6-11(12(10)16)21(14,19)20/h5-8H,4H2,1-3H3,(H,17,18). The molecule has 8 heteroatoms. The number of halogens is 3. The number of amides is 1. The van der Waals surface area contributed by atoms with E-state index in [9.17, 15) is 22.0 Å². The van der Waals surface area contributed by atoms with Gasteiger partial charge in [-0.2, -0.15) is 0 Å². The van der Waals surface area contributed by atoms with Gasteiger partial charge in [0.15, 0.2) is 5.82 Å². The molecule has 0 aliphatic rings. The second kappa shape index (κ2) is 6.70. The van der Waals surface area contributed by atoms with Crippen LogP contribution in [0, 0.1) is 17.6 Å². The van der Waals surface area contributed by atoms with Crippen molar-refractivity contribution in [2.24, 2.45) is 5.92 Å². The first-order valence-corrected chi connectivity index (χ1v) is 8.58. The molecule has 0 aromatic heterocycles. The molecule has 0 aliphatic heterocycles. The van der Waals surface area contributed by atoms with Gasteiger partial charge in [0.2, 0.25) is 0 Å². The molecule has 1 amide bonds. The topological polar surface area (TPSA) is 63.2 Å². The molecule has 0 fully saturated rings. The summed E-state index contributed by atoms with van der Waals surface area (Å²) >= 11 is 0. The Bertz CT molecular complexity index is 647. The summed E-state index contributed by atoms with van der Waals surface area (Å²) in [4.78, 5) is 10.9. The Balaban J connectivity index is 3.14. The lowest BCUT2D eigenvalue weighted by molar-refractivity contribution is 0.0931. The predicted octanol–water partition coefficient (Wildman–Crippen LogP) is 3.06. The highest BCUT2D eigenvalue weighted by Gasteiger charge is 2.25. The third kappa shape index (κ3) is 4.93. The molecule has 118 valence electrons. The molecule has 1 N–H and O–H groups in total. The number of hydrogen-bond donors (Lipinski definition) is 1. The lowest BCUT2D eigenvalue weighted by atomic mass is 10.0. The van der Waals surface area contributed by atoms with E-state index in [1.54, 1.807) is 6.92 Å². The molecule has 1 rings (SSSR count). The van der Waals surface area contributed by atoms with Crippen LogP contribution in [0.5, 0.6) is 0 Å². The first-order chi connectivity index (χ1) is 9.52. The maximum Gasteiger partial charge on any atom is 0.264 e. The fourth-order valence-electron chi connectivity index (χ4n) is 1.97. The summed E-state index contributed by atoms with van der Waals surface area (Å²) in [5.41, 5.74) is -0.690. The van der Waals surface area contributed by atoms with Gasteiger partial charge in [-0.1, -0.05) is 13.8 Å². The van der Waals surface area contributed by atoms with Crippen LogP contribution in [0.1, 0.15) is 37.6 Å². The van der Waals surface area contributed by atoms with E-state index < -0.39 is 37.1 Å². The van der Waals surface area contributed by atoms with Crippen molar-refractivity contribution in [3.8, 4) is 0 Å². The van der Waals surface area contributed by atoms with Crippen molar-refractivity contribution in [3.63, 3.8) is 0 Å². The zero-order valence-electron chi connectivity index (χ0n) is 11.8. The van der Waals surface area contributed by atoms with Crippen LogP contribution in [0.2, 0.25) is 0 Å². The van der Waals surface area contributed by atoms with E-state index in [-0.39, 0.29) is 6.04 Å². The Morgan fingerprint density at radius 2 is 1.86 bits per heavy atom. The molecular weight excluding hydrogens is 324 g/mol. The van der Waals surface area contributed by atoms with Gasteiger partial charge in [0.1, 0.15) is 10.7 Å². The fraction of sp³-hybridized carbons (Fsp3) is 0.462. The van der Waals surface area contributed by atoms with Gasteiger partial charge in [-0.3, -0.25) is 4.79 Å². The number of hydrogen-bond acceptors (Lipinski definition) is 3. The smallest absolute Gasteiger partial charge is 0.264 e. The average Bonchev–Trinajstić information content (AvgIpc) is 2.28. The van der Waals surface area contributed by atoms with Gasteiger partial charge in [-0.15, -0.1) is 0 Å². The van der Waals surface area contributed by atoms with E-state index in [0.717, 1.165) is 0 Å². The molecule has 1 aromatic rings. The molecule has 0 radical (unpaired) electrons. The molecule has 4 nitrogen and oxygen atoms in total. The molecular formula is C13H16ClF2NO3S. The maximum absolute atomic E-state index is 14.0. The van der Waals surface area contributed by atoms with Gasteiger partial charge in [-0.25, -0.2) is 17.2 Å². The van der Waals surface area contributed by atoms with Crippen molar-refractivity contribution in [2.75, 3.05) is 0 Å². The van der Waals surface area contributed by atoms with E-state index >= 15 is 0 Å². The van der Waals surface area contributed by atoms with Crippen molar-refractivity contribution >= 4 is 25.6 Å². The van der Waals surface area contributed by atoms with Gasteiger partial charge in [0.05, 0.1) is 5.56 Å². The lowest BCUT2D eigenvalue weighted by Gasteiger charge is -2.16. The van der Waals surface area contributed by atoms with Crippen LogP contribution in [-0.4, -0.2) is 20.4 Å². The third-order valence-electron chi connectivity index (χ3n) is 2.71. The zero-order valence-corrected chi connectivity index (χ0v) is 13.4. The van der Waals surface area contributed by atoms with Crippen LogP contribution in [0.4, 0.5) is 8.78 Å². The monoisotopic (exact) mass is 339 g/mol. The van der Waals surface area contributed by atoms with Crippen molar-refractivity contribution in [2.45, 2.75) is 38.1 Å². The third-order valence-corrected chi connectivity index (χ3v) is 4.03. The van der Waals surface area contributed by atoms with Gasteiger partial charge >= 0.3 is 0 Å². The number of carbonyl (C=O) groups excluding carboxylic acids is 1. The summed E-state index contributed by atoms with van der Waals surface area (Å²) in [6, 6.07) is 0.806. The van der Waals surface area contributed by atoms with Crippen molar-refractivity contribution in [1.82, 2.24) is 5.32 Å². The minimum absolute atomic E-state index is 0.267. The predicted molar refractivity (Wildman–Crippen MR) is 75.8 cm³/mol. The average molecular weight is 340 g/mol. The summed E-state index contributed by atoms with van der Waals surface area (Å²) in [6.45, 7) is 5.61. The van der Waals surface area contributed by atoms with Crippen LogP contribution in [-0.2, 0) is 9.05 Å². The van der Waals surface area contributed by atoms with E-state index in [0.29, 0.717) is 24.5 Å². The van der Waals surface area contributed by atoms with Crippen molar-refractivity contribution in [1.29, 1.82) is 0 Å². The highest BCUT2D eigenvalue weighted by Crippen LogP contribution is 2.23. The Morgan fingerprint density at radius 1 is 1.29 bits per heavy atom. The second-order valence-corrected chi connectivity index (χ2v) is 7.74. The van der Waals surface area contributed by atoms with Crippen LogP contribution in [0.25, 0.3) is 0 Å². The molecule has 1 aromatic carbocycles. The van der Waals surface area contributed by atoms with Crippen LogP contribution in [0.15, 0.2) is 17.0 Å². The highest BCUT2D eigenvalue weighted by molar-refractivity contribution is 8.13. The Morgan fingerprint density at radius 3 is 2.33 bits per heavy atom. The zero-order chi connectivity index (χ0) is 16.4. The lowest BCUT2D eigenvalue weighted by Crippen LogP contribution is -2.34. The van der Waals surface area contributed by atoms with Gasteiger partial charge in [0.25, 0.3) is 15.0 Å². The molecule has 0 saturated carbocycles. The molecule has 0 saturated heterocycles. The number of rotatable bonds is 5. The Hall–Kier alpha value is -1.21. The van der Waals surface area contributed by atoms with Gasteiger partial charge in [0, 0.05) is 16.7 Å². The Kier molecular flexibility index (Phi) is 5.69. The second-order valence-electron chi connectivity index (χ2n) is 5.21. The summed E-state index contributed by atoms with van der Waals surface area (Å²) in [6.07, 6.45) is 0.642. The minimum atomic E-state index is -4.48. The van der Waals surface area contributed by atoms with E-state index in [1.807, 2.05) is 13.8 Å². The van der Waals surface area contributed by atoms with E-state index in [4.69, 9.17) is 10.7 Å². The molecule has 0 aliphatic carbocycles. The van der Waals surface area contributed by atoms with Gasteiger partial charge in [-0.05, 0) is 31.4 Å². The summed E-state index contributed by atoms with van der Waals surface area (Å²) in [5, 5.41) is 2.49. The summed E-state index contributed by atoms with van der Waals surface area (Å²) < 4.78 is 49.7. The number of carbonyl (C=O) groups is 1. The van der Waals surface area contributed by atoms with Gasteiger partial charge < -0.3 is 5.32 Å². The first kappa shape index (κ1) is 17.8. The minimum Gasteiger partial charge on any atom is -0.349 e. The van der Waals surface area contributed by atoms with E-state index in [1.165, 1.54) is 0 Å². The largest absolute Gasteiger partial charge is 0.349 e. The SMILES string of the molecule is CC(C)CC(C)NC(=O)c1cc(F)cc(S(=O)(=O)Cl)c1F. The molecule has 1 unspecified atom stereocenters. The quantitative estimate of drug-likeness (QED) is 0.839. The van der Waals surface area contributed by atoms with Crippen LogP contribution >= 0.6 is 10.7 Å². The molecule has 21 heavy (non-hydrogen) atoms. The highest BCUT2D eigenvalue weighted by atomic mass is 35.7. The summed E-state index contributed by atoms with van der Waals surface area (Å²) in [7, 11) is 0.539. The summed E-state index contributed by atoms with van der Waals surface area (Å²) in [5.74, 6) is -3.00. The van der Waals surface area contributed by atoms with Crippen molar-refractivity contribution in [3.05, 3.63) is 29.3 Å². The normalized spacial score (nSPS) is 13.3. The maximum atomic E-state index is 14.0.